The fraction of sp³-hybridized carbons (Fsp3) is 0.538. The molecule has 0 radical (unpaired) electrons. The highest BCUT2D eigenvalue weighted by molar-refractivity contribution is 6.18. The topological polar surface area (TPSA) is 52.6 Å². The molecule has 0 aromatic heterocycles. The van der Waals surface area contributed by atoms with Gasteiger partial charge in [-0.3, -0.25) is 4.79 Å². The average molecular weight is 238 g/mol. The summed E-state index contributed by atoms with van der Waals surface area (Å²) in [6.45, 7) is 7.39. The molecule has 1 aliphatic heterocycles. The Morgan fingerprint density at radius 3 is 2.76 bits per heavy atom. The zero-order valence-electron chi connectivity index (χ0n) is 10.7. The van der Waals surface area contributed by atoms with Gasteiger partial charge in [0, 0.05) is 6.42 Å². The number of carbonyl (C=O) groups is 2. The van der Waals surface area contributed by atoms with Crippen LogP contribution >= 0.6 is 0 Å². The highest BCUT2D eigenvalue weighted by Gasteiger charge is 2.32. The van der Waals surface area contributed by atoms with Crippen LogP contribution in [0, 0.1) is 0 Å². The lowest BCUT2D eigenvalue weighted by atomic mass is 9.98. The summed E-state index contributed by atoms with van der Waals surface area (Å²) < 4.78 is 10.5. The molecule has 0 saturated carbocycles. The summed E-state index contributed by atoms with van der Waals surface area (Å²) in [5.74, 6) is -0.450. The van der Waals surface area contributed by atoms with E-state index >= 15 is 0 Å². The Balaban J connectivity index is 3.20. The predicted molar refractivity (Wildman–Crippen MR) is 63.3 cm³/mol. The highest BCUT2D eigenvalue weighted by atomic mass is 16.5. The van der Waals surface area contributed by atoms with E-state index < -0.39 is 5.97 Å². The van der Waals surface area contributed by atoms with Gasteiger partial charge in [0.25, 0.3) is 0 Å². The van der Waals surface area contributed by atoms with Gasteiger partial charge < -0.3 is 9.47 Å². The van der Waals surface area contributed by atoms with Crippen molar-refractivity contribution in [1.82, 2.24) is 0 Å². The summed E-state index contributed by atoms with van der Waals surface area (Å²) in [6, 6.07) is 0. The van der Waals surface area contributed by atoms with Crippen LogP contribution < -0.4 is 0 Å². The molecule has 0 N–H and O–H groups in total. The lowest BCUT2D eigenvalue weighted by Crippen LogP contribution is -2.29. The molecule has 0 spiro atoms. The van der Waals surface area contributed by atoms with E-state index in [0.717, 1.165) is 5.57 Å². The minimum atomic E-state index is -0.597. The molecule has 1 atom stereocenters. The SMILES string of the molecule is C/C=C(\C)C1=C(C(=O)OCC)C(=O)CC(C)O1. The summed E-state index contributed by atoms with van der Waals surface area (Å²) in [6.07, 6.45) is 1.82. The number of carbonyl (C=O) groups excluding carboxylic acids is 2. The van der Waals surface area contributed by atoms with Crippen molar-refractivity contribution >= 4 is 11.8 Å². The maximum Gasteiger partial charge on any atom is 0.345 e. The average Bonchev–Trinajstić information content (AvgIpc) is 2.27. The van der Waals surface area contributed by atoms with Crippen molar-refractivity contribution in [2.24, 2.45) is 0 Å². The van der Waals surface area contributed by atoms with E-state index in [4.69, 9.17) is 9.47 Å². The Kier molecular flexibility index (Phi) is 4.49. The van der Waals surface area contributed by atoms with E-state index in [0.29, 0.717) is 5.76 Å². The third-order valence-electron chi connectivity index (χ3n) is 2.57. The number of Topliss-reactive ketones (excluding diaryl/α,β-unsaturated/α-hetero) is 1. The fourth-order valence-corrected chi connectivity index (χ4v) is 1.62. The van der Waals surface area contributed by atoms with Gasteiger partial charge in [-0.2, -0.15) is 0 Å². The molecule has 4 nitrogen and oxygen atoms in total. The van der Waals surface area contributed by atoms with Crippen LogP contribution in [0.3, 0.4) is 0 Å². The van der Waals surface area contributed by atoms with Gasteiger partial charge in [0.05, 0.1) is 6.61 Å². The van der Waals surface area contributed by atoms with Gasteiger partial charge in [0.1, 0.15) is 17.4 Å². The van der Waals surface area contributed by atoms with Crippen LogP contribution in [0.15, 0.2) is 23.0 Å². The van der Waals surface area contributed by atoms with E-state index in [-0.39, 0.29) is 30.5 Å². The van der Waals surface area contributed by atoms with Crippen molar-refractivity contribution in [2.75, 3.05) is 6.61 Å². The van der Waals surface area contributed by atoms with Gasteiger partial charge in [0.2, 0.25) is 0 Å². The first-order chi connectivity index (χ1) is 8.01. The summed E-state index contributed by atoms with van der Waals surface area (Å²) in [5.41, 5.74) is 0.813. The van der Waals surface area contributed by atoms with Crippen molar-refractivity contribution in [1.29, 1.82) is 0 Å². The molecule has 1 rings (SSSR count). The van der Waals surface area contributed by atoms with Crippen LogP contribution in [-0.4, -0.2) is 24.5 Å². The van der Waals surface area contributed by atoms with Crippen LogP contribution in [0.1, 0.15) is 34.1 Å². The Hall–Kier alpha value is -1.58. The van der Waals surface area contributed by atoms with Gasteiger partial charge >= 0.3 is 5.97 Å². The van der Waals surface area contributed by atoms with Gasteiger partial charge in [-0.15, -0.1) is 0 Å². The molecule has 17 heavy (non-hydrogen) atoms. The van der Waals surface area contributed by atoms with E-state index in [2.05, 4.69) is 0 Å². The molecule has 1 aliphatic rings. The molecule has 1 unspecified atom stereocenters. The standard InChI is InChI=1S/C13H18O4/c1-5-8(3)12-11(13(15)16-6-2)10(14)7-9(4)17-12/h5,9H,6-7H2,1-4H3/b8-5+. The predicted octanol–water partition coefficient (Wildman–Crippen LogP) is 2.15. The molecule has 94 valence electrons. The molecule has 0 aromatic rings. The van der Waals surface area contributed by atoms with Crippen LogP contribution in [0.2, 0.25) is 0 Å². The molecular weight excluding hydrogens is 220 g/mol. The third kappa shape index (κ3) is 2.96. The monoisotopic (exact) mass is 238 g/mol. The van der Waals surface area contributed by atoms with E-state index in [1.165, 1.54) is 0 Å². The minimum absolute atomic E-state index is 0.0422. The lowest BCUT2D eigenvalue weighted by molar-refractivity contribution is -0.141. The van der Waals surface area contributed by atoms with Crippen molar-refractivity contribution in [3.05, 3.63) is 23.0 Å². The number of hydrogen-bond acceptors (Lipinski definition) is 4. The first-order valence-electron chi connectivity index (χ1n) is 5.75. The van der Waals surface area contributed by atoms with Crippen LogP contribution in [-0.2, 0) is 19.1 Å². The minimum Gasteiger partial charge on any atom is -0.489 e. The maximum atomic E-state index is 11.9. The summed E-state index contributed by atoms with van der Waals surface area (Å²) in [4.78, 5) is 23.6. The second-order valence-electron chi connectivity index (χ2n) is 3.95. The molecular formula is C13H18O4. The van der Waals surface area contributed by atoms with Crippen LogP contribution in [0.25, 0.3) is 0 Å². The number of allylic oxidation sites excluding steroid dienone is 2. The van der Waals surface area contributed by atoms with Gasteiger partial charge in [0.15, 0.2) is 5.78 Å². The second kappa shape index (κ2) is 5.66. The number of esters is 1. The zero-order chi connectivity index (χ0) is 13.0. The Bertz CT molecular complexity index is 390. The van der Waals surface area contributed by atoms with Crippen LogP contribution in [0.4, 0.5) is 0 Å². The van der Waals surface area contributed by atoms with Crippen molar-refractivity contribution in [3.63, 3.8) is 0 Å². The second-order valence-corrected chi connectivity index (χ2v) is 3.95. The van der Waals surface area contributed by atoms with E-state index in [9.17, 15) is 9.59 Å². The van der Waals surface area contributed by atoms with Gasteiger partial charge in [-0.25, -0.2) is 4.79 Å². The molecule has 0 bridgehead atoms. The summed E-state index contributed by atoms with van der Waals surface area (Å²) in [7, 11) is 0. The summed E-state index contributed by atoms with van der Waals surface area (Å²) >= 11 is 0. The van der Waals surface area contributed by atoms with E-state index in [1.54, 1.807) is 19.9 Å². The Morgan fingerprint density at radius 2 is 2.24 bits per heavy atom. The molecule has 4 heteroatoms. The summed E-state index contributed by atoms with van der Waals surface area (Å²) in [5, 5.41) is 0. The van der Waals surface area contributed by atoms with Gasteiger partial charge in [-0.1, -0.05) is 6.08 Å². The number of rotatable bonds is 3. The van der Waals surface area contributed by atoms with E-state index in [1.807, 2.05) is 13.8 Å². The maximum absolute atomic E-state index is 11.9. The quantitative estimate of drug-likeness (QED) is 0.558. The normalized spacial score (nSPS) is 21.3. The van der Waals surface area contributed by atoms with Gasteiger partial charge in [-0.05, 0) is 33.3 Å². The molecule has 0 amide bonds. The smallest absolute Gasteiger partial charge is 0.345 e. The molecule has 1 heterocycles. The molecule has 0 fully saturated rings. The number of hydrogen-bond donors (Lipinski definition) is 0. The number of ether oxygens (including phenoxy) is 2. The largest absolute Gasteiger partial charge is 0.489 e. The van der Waals surface area contributed by atoms with Crippen molar-refractivity contribution in [2.45, 2.75) is 40.2 Å². The first-order valence-corrected chi connectivity index (χ1v) is 5.75. The first kappa shape index (κ1) is 13.5. The van der Waals surface area contributed by atoms with Crippen molar-refractivity contribution in [3.8, 4) is 0 Å². The highest BCUT2D eigenvalue weighted by Crippen LogP contribution is 2.27. The van der Waals surface area contributed by atoms with Crippen molar-refractivity contribution < 1.29 is 19.1 Å². The third-order valence-corrected chi connectivity index (χ3v) is 2.57. The molecule has 0 saturated heterocycles. The van der Waals surface area contributed by atoms with Crippen LogP contribution in [0.5, 0.6) is 0 Å². The Morgan fingerprint density at radius 1 is 1.59 bits per heavy atom. The number of ketones is 1. The molecule has 0 aromatic carbocycles. The zero-order valence-corrected chi connectivity index (χ0v) is 10.7. The lowest BCUT2D eigenvalue weighted by Gasteiger charge is -2.24. The molecule has 0 aliphatic carbocycles. The Labute approximate surface area is 101 Å². The fourth-order valence-electron chi connectivity index (χ4n) is 1.62.